The Morgan fingerprint density at radius 2 is 1.88 bits per heavy atom. The van der Waals surface area contributed by atoms with E-state index >= 15 is 0 Å². The summed E-state index contributed by atoms with van der Waals surface area (Å²) < 4.78 is 40.4. The van der Waals surface area contributed by atoms with Crippen LogP contribution in [0.5, 0.6) is 5.75 Å². The van der Waals surface area contributed by atoms with Crippen LogP contribution in [-0.2, 0) is 21.2 Å². The fraction of sp³-hybridized carbons (Fsp3) is 0.188. The van der Waals surface area contributed by atoms with Gasteiger partial charge >= 0.3 is 0 Å². The van der Waals surface area contributed by atoms with Crippen molar-refractivity contribution in [2.24, 2.45) is 5.14 Å². The van der Waals surface area contributed by atoms with Crippen LogP contribution in [0.25, 0.3) is 0 Å². The molecule has 0 fully saturated rings. The first-order chi connectivity index (χ1) is 11.3. The molecule has 8 heteroatoms. The number of hydrogen-bond donors (Lipinski definition) is 2. The van der Waals surface area contributed by atoms with Gasteiger partial charge in [0.25, 0.3) is 5.91 Å². The van der Waals surface area contributed by atoms with Gasteiger partial charge in [0.05, 0.1) is 4.90 Å². The van der Waals surface area contributed by atoms with Crippen molar-refractivity contribution in [2.75, 3.05) is 13.2 Å². The van der Waals surface area contributed by atoms with Gasteiger partial charge in [-0.25, -0.2) is 17.9 Å². The van der Waals surface area contributed by atoms with Crippen LogP contribution in [0.3, 0.4) is 0 Å². The molecule has 0 unspecified atom stereocenters. The summed E-state index contributed by atoms with van der Waals surface area (Å²) in [4.78, 5) is 11.7. The summed E-state index contributed by atoms with van der Waals surface area (Å²) >= 11 is 0. The minimum absolute atomic E-state index is 0.0405. The highest BCUT2D eigenvalue weighted by molar-refractivity contribution is 7.89. The topological polar surface area (TPSA) is 98.5 Å². The quantitative estimate of drug-likeness (QED) is 0.782. The zero-order valence-corrected chi connectivity index (χ0v) is 13.6. The van der Waals surface area contributed by atoms with E-state index in [4.69, 9.17) is 9.88 Å². The third-order valence-electron chi connectivity index (χ3n) is 3.15. The molecule has 0 saturated carbocycles. The maximum Gasteiger partial charge on any atom is 0.257 e. The fourth-order valence-corrected chi connectivity index (χ4v) is 2.46. The van der Waals surface area contributed by atoms with E-state index in [0.717, 1.165) is 5.56 Å². The molecular weight excluding hydrogens is 335 g/mol. The Morgan fingerprint density at radius 1 is 1.17 bits per heavy atom. The Labute approximate surface area is 139 Å². The molecule has 2 rings (SSSR count). The highest BCUT2D eigenvalue weighted by atomic mass is 32.2. The molecule has 2 aromatic carbocycles. The highest BCUT2D eigenvalue weighted by Gasteiger charge is 2.07. The minimum Gasteiger partial charge on any atom is -0.484 e. The molecule has 0 bridgehead atoms. The van der Waals surface area contributed by atoms with E-state index in [1.807, 2.05) is 0 Å². The van der Waals surface area contributed by atoms with Gasteiger partial charge in [0.15, 0.2) is 6.61 Å². The van der Waals surface area contributed by atoms with Crippen LogP contribution >= 0.6 is 0 Å². The van der Waals surface area contributed by atoms with Gasteiger partial charge in [-0.2, -0.15) is 0 Å². The van der Waals surface area contributed by atoms with Gasteiger partial charge in [0, 0.05) is 12.6 Å². The lowest BCUT2D eigenvalue weighted by molar-refractivity contribution is -0.123. The van der Waals surface area contributed by atoms with E-state index in [1.165, 1.54) is 30.3 Å². The molecular formula is C16H17FN2O4S. The fourth-order valence-electron chi connectivity index (χ4n) is 1.95. The predicted molar refractivity (Wildman–Crippen MR) is 86.4 cm³/mol. The second-order valence-corrected chi connectivity index (χ2v) is 6.60. The van der Waals surface area contributed by atoms with E-state index in [2.05, 4.69) is 5.32 Å². The van der Waals surface area contributed by atoms with Crippen molar-refractivity contribution in [3.8, 4) is 5.75 Å². The van der Waals surface area contributed by atoms with Crippen LogP contribution in [0, 0.1) is 5.82 Å². The van der Waals surface area contributed by atoms with E-state index < -0.39 is 15.8 Å². The summed E-state index contributed by atoms with van der Waals surface area (Å²) in [6, 6.07) is 11.6. The molecule has 0 spiro atoms. The number of hydrogen-bond acceptors (Lipinski definition) is 4. The number of sulfonamides is 1. The van der Waals surface area contributed by atoms with Gasteiger partial charge in [0.1, 0.15) is 11.6 Å². The van der Waals surface area contributed by atoms with Crippen LogP contribution < -0.4 is 15.2 Å². The summed E-state index contributed by atoms with van der Waals surface area (Å²) in [6.07, 6.45) is 0.524. The second kappa shape index (κ2) is 7.89. The summed E-state index contributed by atoms with van der Waals surface area (Å²) in [7, 11) is -3.70. The first kappa shape index (κ1) is 17.9. The van der Waals surface area contributed by atoms with Gasteiger partial charge in [-0.05, 0) is 36.2 Å². The number of carbonyl (C=O) groups excluding carboxylic acids is 1. The van der Waals surface area contributed by atoms with E-state index in [0.29, 0.717) is 13.0 Å². The lowest BCUT2D eigenvalue weighted by Gasteiger charge is -2.08. The molecule has 0 atom stereocenters. The molecule has 128 valence electrons. The van der Waals surface area contributed by atoms with Gasteiger partial charge < -0.3 is 10.1 Å². The van der Waals surface area contributed by atoms with Crippen molar-refractivity contribution in [1.29, 1.82) is 0 Å². The van der Waals surface area contributed by atoms with Crippen molar-refractivity contribution < 1.29 is 22.3 Å². The minimum atomic E-state index is -3.70. The van der Waals surface area contributed by atoms with Crippen molar-refractivity contribution in [2.45, 2.75) is 11.3 Å². The number of benzene rings is 2. The number of rotatable bonds is 7. The number of nitrogens with two attached hydrogens (primary N) is 1. The van der Waals surface area contributed by atoms with Crippen molar-refractivity contribution in [1.82, 2.24) is 5.32 Å². The van der Waals surface area contributed by atoms with Gasteiger partial charge in [-0.1, -0.05) is 18.2 Å². The second-order valence-electron chi connectivity index (χ2n) is 5.03. The Hall–Kier alpha value is -2.45. The van der Waals surface area contributed by atoms with E-state index in [-0.39, 0.29) is 23.2 Å². The van der Waals surface area contributed by atoms with E-state index in [9.17, 15) is 17.6 Å². The van der Waals surface area contributed by atoms with Crippen molar-refractivity contribution in [3.63, 3.8) is 0 Å². The van der Waals surface area contributed by atoms with Crippen LogP contribution in [0.15, 0.2) is 53.4 Å². The first-order valence-electron chi connectivity index (χ1n) is 7.11. The Bertz CT molecular complexity index is 807. The predicted octanol–water partition coefficient (Wildman–Crippen LogP) is 1.21. The molecule has 0 aliphatic heterocycles. The molecule has 24 heavy (non-hydrogen) atoms. The van der Waals surface area contributed by atoms with Crippen LogP contribution in [0.1, 0.15) is 5.56 Å². The van der Waals surface area contributed by atoms with Gasteiger partial charge in [-0.3, -0.25) is 4.79 Å². The summed E-state index contributed by atoms with van der Waals surface area (Å²) in [5.41, 5.74) is 0.855. The zero-order chi connectivity index (χ0) is 17.6. The smallest absolute Gasteiger partial charge is 0.257 e. The van der Waals surface area contributed by atoms with Gasteiger partial charge in [0.2, 0.25) is 10.0 Å². The molecule has 0 aliphatic rings. The summed E-state index contributed by atoms with van der Waals surface area (Å²) in [5.74, 6) is -0.486. The molecule has 2 aromatic rings. The highest BCUT2D eigenvalue weighted by Crippen LogP contribution is 2.11. The molecule has 3 N–H and O–H groups in total. The van der Waals surface area contributed by atoms with Crippen LogP contribution in [0.4, 0.5) is 4.39 Å². The molecule has 0 aliphatic carbocycles. The number of carbonyl (C=O) groups is 1. The first-order valence-corrected chi connectivity index (χ1v) is 8.66. The van der Waals surface area contributed by atoms with E-state index in [1.54, 1.807) is 18.2 Å². The molecule has 0 saturated heterocycles. The number of ether oxygens (including phenoxy) is 1. The lowest BCUT2D eigenvalue weighted by Crippen LogP contribution is -2.30. The number of halogens is 1. The molecule has 0 aromatic heterocycles. The third kappa shape index (κ3) is 5.64. The third-order valence-corrected chi connectivity index (χ3v) is 4.08. The van der Waals surface area contributed by atoms with Gasteiger partial charge in [-0.15, -0.1) is 0 Å². The molecule has 0 radical (unpaired) electrons. The lowest BCUT2D eigenvalue weighted by atomic mass is 10.1. The standard InChI is InChI=1S/C16H17FN2O4S/c17-13-2-1-3-14(10-13)23-11-16(20)19-9-8-12-4-6-15(7-5-12)24(18,21)22/h1-7,10H,8-9,11H2,(H,19,20)(H2,18,21,22). The molecule has 0 heterocycles. The zero-order valence-electron chi connectivity index (χ0n) is 12.7. The normalized spacial score (nSPS) is 11.1. The van der Waals surface area contributed by atoms with Crippen molar-refractivity contribution >= 4 is 15.9 Å². The SMILES string of the molecule is NS(=O)(=O)c1ccc(CCNC(=O)COc2cccc(F)c2)cc1. The number of nitrogens with one attached hydrogen (secondary N) is 1. The van der Waals surface area contributed by atoms with Crippen LogP contribution in [0.2, 0.25) is 0 Å². The Kier molecular flexibility index (Phi) is 5.88. The summed E-state index contributed by atoms with van der Waals surface area (Å²) in [6.45, 7) is 0.147. The monoisotopic (exact) mass is 352 g/mol. The number of amides is 1. The largest absolute Gasteiger partial charge is 0.484 e. The Balaban J connectivity index is 1.74. The maximum absolute atomic E-state index is 13.0. The maximum atomic E-state index is 13.0. The van der Waals surface area contributed by atoms with Crippen LogP contribution in [-0.4, -0.2) is 27.5 Å². The Morgan fingerprint density at radius 3 is 2.50 bits per heavy atom. The molecule has 6 nitrogen and oxygen atoms in total. The molecule has 1 amide bonds. The average Bonchev–Trinajstić information content (AvgIpc) is 2.53. The van der Waals surface area contributed by atoms with Crippen molar-refractivity contribution in [3.05, 3.63) is 59.9 Å². The average molecular weight is 352 g/mol. The number of primary sulfonamides is 1. The summed E-state index contributed by atoms with van der Waals surface area (Å²) in [5, 5.41) is 7.68.